The Morgan fingerprint density at radius 3 is 2.68 bits per heavy atom. The quantitative estimate of drug-likeness (QED) is 0.911. The first kappa shape index (κ1) is 13.8. The Kier molecular flexibility index (Phi) is 4.07. The van der Waals surface area contributed by atoms with Crippen LogP contribution >= 0.6 is 22.9 Å². The highest BCUT2D eigenvalue weighted by molar-refractivity contribution is 7.21. The number of benzene rings is 1. The molecule has 1 amide bonds. The van der Waals surface area contributed by atoms with Gasteiger partial charge >= 0.3 is 5.97 Å². The highest BCUT2D eigenvalue weighted by Gasteiger charge is 2.22. The van der Waals surface area contributed by atoms with E-state index >= 15 is 0 Å². The Hall–Kier alpha value is -1.59. The molecule has 19 heavy (non-hydrogen) atoms. The summed E-state index contributed by atoms with van der Waals surface area (Å²) >= 11 is 7.42. The van der Waals surface area contributed by atoms with E-state index in [2.05, 4.69) is 5.32 Å². The summed E-state index contributed by atoms with van der Waals surface area (Å²) in [6.45, 7) is 1.70. The molecule has 1 atom stereocenters. The molecule has 0 saturated carbocycles. The number of carboxylic acid groups (broad SMARTS) is 1. The van der Waals surface area contributed by atoms with Crippen molar-refractivity contribution in [2.75, 3.05) is 0 Å². The van der Waals surface area contributed by atoms with Crippen LogP contribution in [-0.2, 0) is 4.79 Å². The van der Waals surface area contributed by atoms with Crippen LogP contribution in [0.3, 0.4) is 0 Å². The van der Waals surface area contributed by atoms with Gasteiger partial charge in [0.2, 0.25) is 0 Å². The van der Waals surface area contributed by atoms with Gasteiger partial charge in [-0.25, -0.2) is 4.79 Å². The van der Waals surface area contributed by atoms with Crippen LogP contribution in [0.1, 0.15) is 23.0 Å². The number of hydrogen-bond acceptors (Lipinski definition) is 3. The highest BCUT2D eigenvalue weighted by Crippen LogP contribution is 2.35. The largest absolute Gasteiger partial charge is 0.480 e. The van der Waals surface area contributed by atoms with E-state index in [0.29, 0.717) is 16.3 Å². The lowest BCUT2D eigenvalue weighted by Gasteiger charge is -2.11. The second kappa shape index (κ2) is 5.59. The predicted octanol–water partition coefficient (Wildman–Crippen LogP) is 3.15. The Bertz CT molecular complexity index is 638. The molecule has 0 aliphatic heterocycles. The fraction of sp³-hybridized carbons (Fsp3) is 0.231. The number of halogens is 1. The first-order valence-electron chi connectivity index (χ1n) is 5.75. The summed E-state index contributed by atoms with van der Waals surface area (Å²) in [4.78, 5) is 23.3. The van der Waals surface area contributed by atoms with E-state index in [-0.39, 0.29) is 0 Å². The van der Waals surface area contributed by atoms with Crippen LogP contribution in [0.5, 0.6) is 0 Å². The molecule has 2 rings (SSSR count). The fourth-order valence-corrected chi connectivity index (χ4v) is 3.14. The van der Waals surface area contributed by atoms with Crippen LogP contribution in [0.25, 0.3) is 10.1 Å². The summed E-state index contributed by atoms with van der Waals surface area (Å²) < 4.78 is 0.904. The van der Waals surface area contributed by atoms with Gasteiger partial charge in [-0.3, -0.25) is 4.79 Å². The summed E-state index contributed by atoms with van der Waals surface area (Å²) in [5.74, 6) is -1.49. The number of amides is 1. The van der Waals surface area contributed by atoms with E-state index in [4.69, 9.17) is 16.7 Å². The minimum absolute atomic E-state index is 0.323. The van der Waals surface area contributed by atoms with Crippen LogP contribution in [0.15, 0.2) is 24.3 Å². The van der Waals surface area contributed by atoms with Gasteiger partial charge in [0, 0.05) is 10.1 Å². The van der Waals surface area contributed by atoms with Crippen LogP contribution in [0.2, 0.25) is 5.02 Å². The molecule has 0 spiro atoms. The SMILES string of the molecule is CC[C@H](NC(=O)c1sc2ccccc2c1Cl)C(=O)O. The van der Waals surface area contributed by atoms with Crippen LogP contribution in [-0.4, -0.2) is 23.0 Å². The average Bonchev–Trinajstić information content (AvgIpc) is 2.73. The van der Waals surface area contributed by atoms with E-state index in [1.165, 1.54) is 11.3 Å². The standard InChI is InChI=1S/C13H12ClNO3S/c1-2-8(13(17)18)15-12(16)11-10(14)7-5-3-4-6-9(7)19-11/h3-6,8H,2H2,1H3,(H,15,16)(H,17,18)/t8-/m0/s1. The van der Waals surface area contributed by atoms with Crippen molar-refractivity contribution in [2.24, 2.45) is 0 Å². The molecule has 0 fully saturated rings. The minimum Gasteiger partial charge on any atom is -0.480 e. The number of nitrogens with one attached hydrogen (secondary N) is 1. The van der Waals surface area contributed by atoms with E-state index in [9.17, 15) is 9.59 Å². The van der Waals surface area contributed by atoms with Crippen molar-refractivity contribution in [3.63, 3.8) is 0 Å². The zero-order valence-corrected chi connectivity index (χ0v) is 11.7. The van der Waals surface area contributed by atoms with Gasteiger partial charge in [-0.15, -0.1) is 11.3 Å². The Labute approximate surface area is 119 Å². The van der Waals surface area contributed by atoms with Crippen LogP contribution in [0, 0.1) is 0 Å². The molecule has 2 N–H and O–H groups in total. The van der Waals surface area contributed by atoms with Gasteiger partial charge in [-0.1, -0.05) is 36.7 Å². The molecule has 2 aromatic rings. The number of thiophene rings is 1. The van der Waals surface area contributed by atoms with Gasteiger partial charge in [-0.2, -0.15) is 0 Å². The van der Waals surface area contributed by atoms with Gasteiger partial charge in [-0.05, 0) is 12.5 Å². The van der Waals surface area contributed by atoms with Crippen LogP contribution < -0.4 is 5.32 Å². The molecule has 6 heteroatoms. The second-order valence-corrected chi connectivity index (χ2v) is 5.44. The number of hydrogen-bond donors (Lipinski definition) is 2. The summed E-state index contributed by atoms with van der Waals surface area (Å²) in [7, 11) is 0. The van der Waals surface area contributed by atoms with E-state index in [1.54, 1.807) is 6.92 Å². The summed E-state index contributed by atoms with van der Waals surface area (Å²) in [6.07, 6.45) is 0.323. The molecule has 1 aromatic carbocycles. The molecule has 4 nitrogen and oxygen atoms in total. The first-order chi connectivity index (χ1) is 9.04. The molecule has 0 radical (unpaired) electrons. The number of carbonyl (C=O) groups is 2. The van der Waals surface area contributed by atoms with E-state index in [0.717, 1.165) is 10.1 Å². The van der Waals surface area contributed by atoms with Crippen LogP contribution in [0.4, 0.5) is 0 Å². The maximum Gasteiger partial charge on any atom is 0.326 e. The molecule has 100 valence electrons. The van der Waals surface area contributed by atoms with E-state index < -0.39 is 17.9 Å². The lowest BCUT2D eigenvalue weighted by molar-refractivity contribution is -0.139. The lowest BCUT2D eigenvalue weighted by atomic mass is 10.2. The lowest BCUT2D eigenvalue weighted by Crippen LogP contribution is -2.40. The third-order valence-corrected chi connectivity index (χ3v) is 4.43. The normalized spacial score (nSPS) is 12.3. The van der Waals surface area contributed by atoms with Gasteiger partial charge in [0.15, 0.2) is 0 Å². The summed E-state index contributed by atoms with van der Waals surface area (Å²) in [5.41, 5.74) is 0. The van der Waals surface area contributed by atoms with Crippen molar-refractivity contribution >= 4 is 44.9 Å². The monoisotopic (exact) mass is 297 g/mol. The first-order valence-corrected chi connectivity index (χ1v) is 6.94. The van der Waals surface area contributed by atoms with Crippen molar-refractivity contribution in [1.82, 2.24) is 5.32 Å². The molecule has 0 saturated heterocycles. The molecular formula is C13H12ClNO3S. The Morgan fingerprint density at radius 1 is 1.42 bits per heavy atom. The maximum absolute atomic E-state index is 12.1. The van der Waals surface area contributed by atoms with Crippen molar-refractivity contribution in [1.29, 1.82) is 0 Å². The number of carboxylic acids is 1. The smallest absolute Gasteiger partial charge is 0.326 e. The molecule has 0 unspecified atom stereocenters. The topological polar surface area (TPSA) is 66.4 Å². The number of fused-ring (bicyclic) bond motifs is 1. The minimum atomic E-state index is -1.05. The van der Waals surface area contributed by atoms with Gasteiger partial charge in [0.25, 0.3) is 5.91 Å². The maximum atomic E-state index is 12.1. The molecule has 1 heterocycles. The zero-order valence-electron chi connectivity index (χ0n) is 10.1. The van der Waals surface area contributed by atoms with Crippen molar-refractivity contribution in [3.05, 3.63) is 34.2 Å². The zero-order chi connectivity index (χ0) is 14.0. The van der Waals surface area contributed by atoms with Gasteiger partial charge < -0.3 is 10.4 Å². The highest BCUT2D eigenvalue weighted by atomic mass is 35.5. The van der Waals surface area contributed by atoms with Crippen molar-refractivity contribution in [3.8, 4) is 0 Å². The molecule has 0 aliphatic rings. The molecule has 1 aromatic heterocycles. The van der Waals surface area contributed by atoms with Gasteiger partial charge in [0.1, 0.15) is 10.9 Å². The third-order valence-electron chi connectivity index (χ3n) is 2.75. The van der Waals surface area contributed by atoms with Gasteiger partial charge in [0.05, 0.1) is 5.02 Å². The average molecular weight is 298 g/mol. The van der Waals surface area contributed by atoms with Crippen molar-refractivity contribution in [2.45, 2.75) is 19.4 Å². The Balaban J connectivity index is 2.31. The summed E-state index contributed by atoms with van der Waals surface area (Å²) in [5, 5.41) is 12.6. The number of rotatable bonds is 4. The fourth-order valence-electron chi connectivity index (χ4n) is 1.72. The number of carbonyl (C=O) groups excluding carboxylic acids is 1. The molecule has 0 aliphatic carbocycles. The molecule has 0 bridgehead atoms. The Morgan fingerprint density at radius 2 is 2.11 bits per heavy atom. The molecular weight excluding hydrogens is 286 g/mol. The summed E-state index contributed by atoms with van der Waals surface area (Å²) in [6, 6.07) is 6.52. The predicted molar refractivity (Wildman–Crippen MR) is 76.0 cm³/mol. The second-order valence-electron chi connectivity index (χ2n) is 4.01. The van der Waals surface area contributed by atoms with E-state index in [1.807, 2.05) is 24.3 Å². The number of aliphatic carboxylic acids is 1. The third kappa shape index (κ3) is 2.72. The van der Waals surface area contributed by atoms with Crippen molar-refractivity contribution < 1.29 is 14.7 Å².